The van der Waals surface area contributed by atoms with Crippen LogP contribution in [0.2, 0.25) is 0 Å². The second-order valence-electron chi connectivity index (χ2n) is 10.9. The molecule has 0 saturated carbocycles. The fourth-order valence-electron chi connectivity index (χ4n) is 5.94. The van der Waals surface area contributed by atoms with Gasteiger partial charge in [-0.15, -0.1) is 0 Å². The Kier molecular flexibility index (Phi) is 7.02. The highest BCUT2D eigenvalue weighted by Gasteiger charge is 2.28. The highest BCUT2D eigenvalue weighted by atomic mass is 16.7. The molecule has 0 aliphatic carbocycles. The van der Waals surface area contributed by atoms with Crippen LogP contribution in [-0.4, -0.2) is 30.3 Å². The van der Waals surface area contributed by atoms with E-state index >= 15 is 0 Å². The Labute approximate surface area is 255 Å². The maximum absolute atomic E-state index is 14.2. The number of carbonyl (C=O) groups excluding carboxylic acids is 2. The monoisotopic (exact) mass is 585 g/mol. The Morgan fingerprint density at radius 1 is 0.841 bits per heavy atom. The number of methoxy groups -OCH3 is 1. The fraction of sp³-hybridized carbons (Fsp3) is 0.167. The smallest absolute Gasteiger partial charge is 0.268 e. The first-order valence-electron chi connectivity index (χ1n) is 14.5. The Morgan fingerprint density at radius 3 is 2.52 bits per heavy atom. The van der Waals surface area contributed by atoms with Crippen molar-refractivity contribution in [2.45, 2.75) is 26.6 Å². The van der Waals surface area contributed by atoms with Crippen LogP contribution in [0.5, 0.6) is 17.2 Å². The average molecular weight is 586 g/mol. The molecular weight excluding hydrogens is 554 g/mol. The lowest BCUT2D eigenvalue weighted by Crippen LogP contribution is -2.30. The zero-order chi connectivity index (χ0) is 30.2. The van der Waals surface area contributed by atoms with Gasteiger partial charge in [-0.3, -0.25) is 9.59 Å². The highest BCUT2D eigenvalue weighted by molar-refractivity contribution is 6.07. The number of carbonyl (C=O) groups is 2. The number of ether oxygens (including phenoxy) is 3. The molecule has 0 spiro atoms. The van der Waals surface area contributed by atoms with Gasteiger partial charge in [0.15, 0.2) is 11.5 Å². The van der Waals surface area contributed by atoms with Gasteiger partial charge in [0.2, 0.25) is 6.79 Å². The van der Waals surface area contributed by atoms with Crippen molar-refractivity contribution in [2.24, 2.45) is 0 Å². The predicted molar refractivity (Wildman–Crippen MR) is 167 cm³/mol. The molecule has 0 saturated heterocycles. The maximum Gasteiger partial charge on any atom is 0.268 e. The van der Waals surface area contributed by atoms with E-state index in [1.807, 2.05) is 89.5 Å². The van der Waals surface area contributed by atoms with Crippen molar-refractivity contribution in [1.82, 2.24) is 9.88 Å². The number of nitrogens with one attached hydrogen (secondary N) is 1. The Morgan fingerprint density at radius 2 is 1.66 bits per heavy atom. The number of aryl methyl sites for hydroxylation is 1. The van der Waals surface area contributed by atoms with Gasteiger partial charge in [0.25, 0.3) is 11.8 Å². The summed E-state index contributed by atoms with van der Waals surface area (Å²) >= 11 is 0. The summed E-state index contributed by atoms with van der Waals surface area (Å²) in [6.45, 7) is 3.38. The van der Waals surface area contributed by atoms with E-state index < -0.39 is 0 Å². The van der Waals surface area contributed by atoms with E-state index in [2.05, 4.69) is 24.4 Å². The second-order valence-corrected chi connectivity index (χ2v) is 10.9. The van der Waals surface area contributed by atoms with Gasteiger partial charge in [0, 0.05) is 29.1 Å². The number of benzene rings is 4. The summed E-state index contributed by atoms with van der Waals surface area (Å²) in [5.41, 5.74) is 7.73. The summed E-state index contributed by atoms with van der Waals surface area (Å²) in [7, 11) is 1.62. The summed E-state index contributed by atoms with van der Waals surface area (Å²) in [6.07, 6.45) is 0. The predicted octanol–water partition coefficient (Wildman–Crippen LogP) is 6.34. The van der Waals surface area contributed by atoms with Crippen LogP contribution in [0.25, 0.3) is 11.1 Å². The van der Waals surface area contributed by atoms with Gasteiger partial charge < -0.3 is 29.0 Å². The third kappa shape index (κ3) is 4.94. The third-order valence-electron chi connectivity index (χ3n) is 8.25. The van der Waals surface area contributed by atoms with E-state index in [9.17, 15) is 9.59 Å². The van der Waals surface area contributed by atoms with Gasteiger partial charge in [0.05, 0.1) is 20.2 Å². The molecule has 3 heterocycles. The van der Waals surface area contributed by atoms with Crippen LogP contribution in [0.4, 0.5) is 5.69 Å². The van der Waals surface area contributed by atoms with E-state index in [0.29, 0.717) is 48.1 Å². The Hall–Kier alpha value is -5.50. The first-order valence-corrected chi connectivity index (χ1v) is 14.5. The quantitative estimate of drug-likeness (QED) is 0.252. The normalized spacial score (nSPS) is 13.1. The van der Waals surface area contributed by atoms with Crippen LogP contribution in [-0.2, 0) is 19.6 Å². The molecule has 44 heavy (non-hydrogen) atoms. The van der Waals surface area contributed by atoms with E-state index in [1.54, 1.807) is 12.0 Å². The molecule has 0 fully saturated rings. The molecule has 4 aromatic carbocycles. The molecule has 0 atom stereocenters. The molecule has 8 nitrogen and oxygen atoms in total. The van der Waals surface area contributed by atoms with Crippen molar-refractivity contribution in [1.29, 1.82) is 0 Å². The topological polar surface area (TPSA) is 82.0 Å². The summed E-state index contributed by atoms with van der Waals surface area (Å²) in [5.74, 6) is 1.68. The summed E-state index contributed by atoms with van der Waals surface area (Å²) in [6, 6.07) is 30.9. The fourth-order valence-corrected chi connectivity index (χ4v) is 5.94. The molecule has 8 heteroatoms. The van der Waals surface area contributed by atoms with Gasteiger partial charge in [-0.05, 0) is 77.7 Å². The van der Waals surface area contributed by atoms with E-state index in [-0.39, 0.29) is 18.6 Å². The van der Waals surface area contributed by atoms with Gasteiger partial charge in [0.1, 0.15) is 11.4 Å². The van der Waals surface area contributed by atoms with Crippen LogP contribution in [0.15, 0.2) is 97.1 Å². The Balaban J connectivity index is 1.17. The van der Waals surface area contributed by atoms with Crippen LogP contribution in [0, 0.1) is 6.92 Å². The van der Waals surface area contributed by atoms with Gasteiger partial charge in [-0.1, -0.05) is 48.5 Å². The second kappa shape index (κ2) is 11.3. The maximum atomic E-state index is 14.2. The van der Waals surface area contributed by atoms with Crippen molar-refractivity contribution in [3.63, 3.8) is 0 Å². The minimum atomic E-state index is -0.192. The first-order chi connectivity index (χ1) is 21.5. The van der Waals surface area contributed by atoms with E-state index in [4.69, 9.17) is 14.2 Å². The lowest BCUT2D eigenvalue weighted by molar-refractivity contribution is 0.0941. The molecule has 220 valence electrons. The molecule has 0 radical (unpaired) electrons. The van der Waals surface area contributed by atoms with Gasteiger partial charge >= 0.3 is 0 Å². The summed E-state index contributed by atoms with van der Waals surface area (Å²) in [5, 5.41) is 3.03. The molecule has 0 unspecified atom stereocenters. The third-order valence-corrected chi connectivity index (χ3v) is 8.25. The van der Waals surface area contributed by atoms with Crippen molar-refractivity contribution in [3.05, 3.63) is 131 Å². The van der Waals surface area contributed by atoms with Crippen LogP contribution >= 0.6 is 0 Å². The number of amides is 2. The summed E-state index contributed by atoms with van der Waals surface area (Å²) < 4.78 is 18.6. The number of nitrogens with zero attached hydrogens (tertiary/aromatic N) is 2. The number of rotatable bonds is 6. The number of anilines is 1. The van der Waals surface area contributed by atoms with Crippen molar-refractivity contribution < 1.29 is 23.8 Å². The number of hydrogen-bond acceptors (Lipinski definition) is 5. The van der Waals surface area contributed by atoms with Crippen LogP contribution < -0.4 is 24.4 Å². The largest absolute Gasteiger partial charge is 0.496 e. The first kappa shape index (κ1) is 27.3. The zero-order valence-electron chi connectivity index (χ0n) is 24.5. The molecule has 7 rings (SSSR count). The number of fused-ring (bicyclic) bond motifs is 3. The molecule has 1 aromatic heterocycles. The van der Waals surface area contributed by atoms with E-state index in [1.165, 1.54) is 0 Å². The molecule has 2 aliphatic rings. The minimum absolute atomic E-state index is 0.143. The standard InChI is InChI=1S/C36H31N3O5/c1-23-7-3-5-9-28(23)29-14-12-25(18-33(29)42-2)36(41)39-21-27-13-15-31(38(27)20-26-8-4-6-10-30(26)39)35(40)37-19-24-11-16-32-34(17-24)44-22-43-32/h3-18H,19-22H2,1-2H3,(H,37,40). The van der Waals surface area contributed by atoms with Crippen LogP contribution in [0.3, 0.4) is 0 Å². The number of aromatic nitrogens is 1. The zero-order valence-corrected chi connectivity index (χ0v) is 24.5. The number of hydrogen-bond donors (Lipinski definition) is 1. The molecule has 2 amide bonds. The van der Waals surface area contributed by atoms with Crippen molar-refractivity contribution >= 4 is 17.5 Å². The molecular formula is C36H31N3O5. The van der Waals surface area contributed by atoms with Crippen molar-refractivity contribution in [3.8, 4) is 28.4 Å². The Bertz CT molecular complexity index is 1910. The lowest BCUT2D eigenvalue weighted by atomic mass is 9.98. The van der Waals surface area contributed by atoms with E-state index in [0.717, 1.165) is 39.2 Å². The molecule has 0 bridgehead atoms. The SMILES string of the molecule is COc1cc(C(=O)N2Cc3ccc(C(=O)NCc4ccc5c(c4)OCO5)n3Cc3ccccc32)ccc1-c1ccccc1C. The van der Waals surface area contributed by atoms with Gasteiger partial charge in [-0.2, -0.15) is 0 Å². The van der Waals surface area contributed by atoms with Crippen LogP contribution in [0.1, 0.15) is 43.2 Å². The average Bonchev–Trinajstić information content (AvgIpc) is 3.65. The molecule has 1 N–H and O–H groups in total. The summed E-state index contributed by atoms with van der Waals surface area (Å²) in [4.78, 5) is 29.3. The minimum Gasteiger partial charge on any atom is -0.496 e. The number of para-hydroxylation sites is 1. The molecule has 2 aliphatic heterocycles. The van der Waals surface area contributed by atoms with Crippen molar-refractivity contribution in [2.75, 3.05) is 18.8 Å². The highest BCUT2D eigenvalue weighted by Crippen LogP contribution is 2.36. The molecule has 5 aromatic rings. The lowest BCUT2D eigenvalue weighted by Gasteiger charge is -2.23. The van der Waals surface area contributed by atoms with Gasteiger partial charge in [-0.25, -0.2) is 0 Å².